The molecule has 3 aromatic rings. The van der Waals surface area contributed by atoms with Crippen molar-refractivity contribution in [2.24, 2.45) is 5.92 Å². The van der Waals surface area contributed by atoms with Crippen LogP contribution in [-0.4, -0.2) is 21.7 Å². The highest BCUT2D eigenvalue weighted by Gasteiger charge is 2.43. The second-order valence-electron chi connectivity index (χ2n) is 8.22. The summed E-state index contributed by atoms with van der Waals surface area (Å²) in [6.45, 7) is 0. The number of ether oxygens (including phenoxy) is 1. The summed E-state index contributed by atoms with van der Waals surface area (Å²) in [5, 5.41) is 0. The standard InChI is InChI=1S/C26H27O4Si/c1-3-10-22(11-4-1)28-31(29-23-12-5-2-6-13-23)30-24-14-8-7-9-21(24)17-15-20-16-18-25-26(19-20)27-25/h1-14,20,25-26H,15-19H2. The molecule has 0 spiro atoms. The topological polar surface area (TPSA) is 40.2 Å². The summed E-state index contributed by atoms with van der Waals surface area (Å²) in [6.07, 6.45) is 6.93. The van der Waals surface area contributed by atoms with Gasteiger partial charge >= 0.3 is 9.53 Å². The minimum atomic E-state index is -2.09. The van der Waals surface area contributed by atoms with Crippen LogP contribution in [-0.2, 0) is 11.2 Å². The normalized spacial score (nSPS) is 21.9. The van der Waals surface area contributed by atoms with Crippen molar-refractivity contribution in [3.05, 3.63) is 90.5 Å². The average molecular weight is 432 g/mol. The van der Waals surface area contributed by atoms with Crippen LogP contribution in [0.4, 0.5) is 0 Å². The van der Waals surface area contributed by atoms with Crippen LogP contribution in [0.15, 0.2) is 84.9 Å². The van der Waals surface area contributed by atoms with Gasteiger partial charge in [0.15, 0.2) is 0 Å². The number of fused-ring (bicyclic) bond motifs is 1. The third-order valence-corrected chi connectivity index (χ3v) is 7.18. The molecule has 1 aliphatic carbocycles. The SMILES string of the molecule is c1ccc(O[Si](Oc2ccccc2)Oc2ccccc2CCC2CCC3OC3C2)cc1. The van der Waals surface area contributed by atoms with Gasteiger partial charge in [-0.15, -0.1) is 0 Å². The molecule has 2 fully saturated rings. The molecule has 5 heteroatoms. The fourth-order valence-electron chi connectivity index (χ4n) is 4.24. The second kappa shape index (κ2) is 9.58. The Morgan fingerprint density at radius 1 is 0.710 bits per heavy atom. The maximum atomic E-state index is 6.36. The highest BCUT2D eigenvalue weighted by molar-refractivity contribution is 6.39. The summed E-state index contributed by atoms with van der Waals surface area (Å²) in [5.74, 6) is 3.07. The third kappa shape index (κ3) is 5.49. The molecule has 2 aliphatic rings. The van der Waals surface area contributed by atoms with E-state index in [1.807, 2.05) is 72.8 Å². The highest BCUT2D eigenvalue weighted by Crippen LogP contribution is 2.41. The molecule has 31 heavy (non-hydrogen) atoms. The Kier molecular flexibility index (Phi) is 6.23. The largest absolute Gasteiger partial charge is 0.818 e. The van der Waals surface area contributed by atoms with Gasteiger partial charge in [-0.2, -0.15) is 0 Å². The first kappa shape index (κ1) is 20.2. The quantitative estimate of drug-likeness (QED) is 0.321. The van der Waals surface area contributed by atoms with Crippen molar-refractivity contribution in [1.82, 2.24) is 0 Å². The van der Waals surface area contributed by atoms with Crippen LogP contribution in [0.25, 0.3) is 0 Å². The van der Waals surface area contributed by atoms with Crippen molar-refractivity contribution in [1.29, 1.82) is 0 Å². The lowest BCUT2D eigenvalue weighted by Gasteiger charge is -2.21. The van der Waals surface area contributed by atoms with E-state index in [0.717, 1.165) is 36.0 Å². The van der Waals surface area contributed by atoms with Gasteiger partial charge in [-0.1, -0.05) is 54.6 Å². The minimum absolute atomic E-state index is 0.526. The maximum Gasteiger partial charge on any atom is 0.818 e. The molecule has 3 atom stereocenters. The van der Waals surface area contributed by atoms with Crippen molar-refractivity contribution in [3.63, 3.8) is 0 Å². The first-order chi connectivity index (χ1) is 15.3. The van der Waals surface area contributed by atoms with Gasteiger partial charge in [-0.3, -0.25) is 0 Å². The Morgan fingerprint density at radius 3 is 2.03 bits per heavy atom. The number of benzene rings is 3. The monoisotopic (exact) mass is 431 g/mol. The fourth-order valence-corrected chi connectivity index (χ4v) is 5.40. The van der Waals surface area contributed by atoms with E-state index in [9.17, 15) is 0 Å². The van der Waals surface area contributed by atoms with Gasteiger partial charge in [-0.05, 0) is 73.9 Å². The average Bonchev–Trinajstić information content (AvgIpc) is 3.59. The van der Waals surface area contributed by atoms with Crippen molar-refractivity contribution in [2.75, 3.05) is 0 Å². The summed E-state index contributed by atoms with van der Waals surface area (Å²) >= 11 is 0. The molecule has 0 bridgehead atoms. The number of hydrogen-bond donors (Lipinski definition) is 0. The second-order valence-corrected chi connectivity index (χ2v) is 9.33. The number of rotatable bonds is 9. The van der Waals surface area contributed by atoms with Crippen LogP contribution >= 0.6 is 0 Å². The van der Waals surface area contributed by atoms with Gasteiger partial charge in [0, 0.05) is 0 Å². The van der Waals surface area contributed by atoms with E-state index in [1.165, 1.54) is 24.8 Å². The lowest BCUT2D eigenvalue weighted by molar-refractivity contribution is 0.305. The van der Waals surface area contributed by atoms with E-state index in [4.69, 9.17) is 18.0 Å². The van der Waals surface area contributed by atoms with Crippen molar-refractivity contribution >= 4 is 9.53 Å². The molecule has 1 heterocycles. The van der Waals surface area contributed by atoms with E-state index in [0.29, 0.717) is 12.2 Å². The molecular weight excluding hydrogens is 404 g/mol. The molecular formula is C26H27O4Si. The Balaban J connectivity index is 1.28. The van der Waals surface area contributed by atoms with Crippen molar-refractivity contribution in [2.45, 2.75) is 44.3 Å². The van der Waals surface area contributed by atoms with Crippen LogP contribution in [0.1, 0.15) is 31.2 Å². The smallest absolute Gasteiger partial charge is 0.479 e. The molecule has 3 unspecified atom stereocenters. The lowest BCUT2D eigenvalue weighted by Crippen LogP contribution is -2.37. The van der Waals surface area contributed by atoms with Gasteiger partial charge in [0.1, 0.15) is 17.2 Å². The van der Waals surface area contributed by atoms with E-state index >= 15 is 0 Å². The molecule has 1 saturated heterocycles. The van der Waals surface area contributed by atoms with Gasteiger partial charge in [0.25, 0.3) is 0 Å². The first-order valence-corrected chi connectivity index (χ1v) is 12.3. The van der Waals surface area contributed by atoms with Gasteiger partial charge in [0.2, 0.25) is 0 Å². The van der Waals surface area contributed by atoms with Gasteiger partial charge in [-0.25, -0.2) is 0 Å². The summed E-state index contributed by atoms with van der Waals surface area (Å²) in [5.41, 5.74) is 1.21. The zero-order valence-electron chi connectivity index (χ0n) is 17.5. The molecule has 0 amide bonds. The minimum Gasteiger partial charge on any atom is -0.479 e. The Hall–Kier alpha value is -2.76. The molecule has 3 aromatic carbocycles. The Morgan fingerprint density at radius 2 is 1.35 bits per heavy atom. The predicted octanol–water partition coefficient (Wildman–Crippen LogP) is 5.71. The third-order valence-electron chi connectivity index (χ3n) is 5.99. The van der Waals surface area contributed by atoms with E-state index in [2.05, 4.69) is 12.1 Å². The van der Waals surface area contributed by atoms with Crippen LogP contribution in [0, 0.1) is 5.92 Å². The molecule has 159 valence electrons. The first-order valence-electron chi connectivity index (χ1n) is 11.1. The van der Waals surface area contributed by atoms with E-state index < -0.39 is 9.53 Å². The maximum absolute atomic E-state index is 6.36. The summed E-state index contributed by atoms with van der Waals surface area (Å²) in [7, 11) is -2.09. The predicted molar refractivity (Wildman–Crippen MR) is 121 cm³/mol. The molecule has 1 aliphatic heterocycles. The summed E-state index contributed by atoms with van der Waals surface area (Å²) < 4.78 is 24.3. The molecule has 4 nitrogen and oxygen atoms in total. The van der Waals surface area contributed by atoms with Crippen molar-refractivity contribution in [3.8, 4) is 17.2 Å². The molecule has 0 aromatic heterocycles. The Labute approximate surface area is 185 Å². The highest BCUT2D eigenvalue weighted by atomic mass is 28.3. The zero-order chi connectivity index (χ0) is 20.9. The molecule has 5 rings (SSSR count). The van der Waals surface area contributed by atoms with E-state index in [-0.39, 0.29) is 0 Å². The molecule has 0 N–H and O–H groups in total. The molecule has 1 saturated carbocycles. The number of hydrogen-bond acceptors (Lipinski definition) is 4. The molecule has 1 radical (unpaired) electrons. The van der Waals surface area contributed by atoms with E-state index in [1.54, 1.807) is 0 Å². The van der Waals surface area contributed by atoms with Crippen LogP contribution in [0.3, 0.4) is 0 Å². The zero-order valence-corrected chi connectivity index (χ0v) is 18.5. The van der Waals surface area contributed by atoms with Crippen LogP contribution in [0.2, 0.25) is 0 Å². The van der Waals surface area contributed by atoms with Gasteiger partial charge in [0.05, 0.1) is 12.2 Å². The number of aryl methyl sites for hydroxylation is 1. The Bertz CT molecular complexity index is 924. The fraction of sp³-hybridized carbons (Fsp3) is 0.308. The summed E-state index contributed by atoms with van der Waals surface area (Å²) in [4.78, 5) is 0. The van der Waals surface area contributed by atoms with Crippen molar-refractivity contribution < 1.29 is 18.0 Å². The van der Waals surface area contributed by atoms with Gasteiger partial charge < -0.3 is 18.0 Å². The summed E-state index contributed by atoms with van der Waals surface area (Å²) in [6, 6.07) is 27.7. The van der Waals surface area contributed by atoms with Crippen LogP contribution < -0.4 is 13.3 Å². The number of epoxide rings is 1. The van der Waals surface area contributed by atoms with Crippen LogP contribution in [0.5, 0.6) is 17.2 Å². The number of para-hydroxylation sites is 3. The lowest BCUT2D eigenvalue weighted by atomic mass is 9.85.